The van der Waals surface area contributed by atoms with Gasteiger partial charge in [-0.25, -0.2) is 0 Å². The molecule has 0 saturated carbocycles. The van der Waals surface area contributed by atoms with Crippen LogP contribution in [0.3, 0.4) is 0 Å². The Morgan fingerprint density at radius 2 is 2.33 bits per heavy atom. The highest BCUT2D eigenvalue weighted by Crippen LogP contribution is 2.34. The van der Waals surface area contributed by atoms with Crippen molar-refractivity contribution in [2.45, 2.75) is 25.5 Å². The summed E-state index contributed by atoms with van der Waals surface area (Å²) in [7, 11) is 0. The van der Waals surface area contributed by atoms with Crippen molar-refractivity contribution in [2.75, 3.05) is 36.1 Å². The lowest BCUT2D eigenvalue weighted by atomic mass is 10.2. The Morgan fingerprint density at radius 3 is 3.06 bits per heavy atom. The molecule has 1 unspecified atom stereocenters. The van der Waals surface area contributed by atoms with E-state index in [0.29, 0.717) is 5.25 Å². The Kier molecular flexibility index (Phi) is 4.64. The number of hydrogen-bond donors (Lipinski definition) is 1. The average molecular weight is 266 g/mol. The van der Waals surface area contributed by atoms with Crippen LogP contribution in [0.1, 0.15) is 20.3 Å². The summed E-state index contributed by atoms with van der Waals surface area (Å²) in [4.78, 5) is 2.37. The minimum atomic E-state index is 0.665. The van der Waals surface area contributed by atoms with E-state index in [-0.39, 0.29) is 0 Å². The number of nitrogen functional groups attached to an aromatic ring is 1. The molecular formula is C14H22N2OS. The highest BCUT2D eigenvalue weighted by atomic mass is 32.2. The van der Waals surface area contributed by atoms with Crippen LogP contribution in [0.15, 0.2) is 18.2 Å². The maximum Gasteiger partial charge on any atom is 0.144 e. The van der Waals surface area contributed by atoms with Crippen LogP contribution in [0.2, 0.25) is 0 Å². The van der Waals surface area contributed by atoms with Crippen LogP contribution in [-0.2, 0) is 0 Å². The highest BCUT2D eigenvalue weighted by Gasteiger charge is 2.19. The predicted molar refractivity (Wildman–Crippen MR) is 80.8 cm³/mol. The van der Waals surface area contributed by atoms with Gasteiger partial charge in [-0.2, -0.15) is 11.8 Å². The summed E-state index contributed by atoms with van der Waals surface area (Å²) < 4.78 is 5.69. The lowest BCUT2D eigenvalue weighted by molar-refractivity contribution is 0.319. The van der Waals surface area contributed by atoms with Gasteiger partial charge in [-0.05, 0) is 18.6 Å². The fourth-order valence-electron chi connectivity index (χ4n) is 2.18. The Hall–Kier alpha value is -1.03. The molecule has 2 N–H and O–H groups in total. The van der Waals surface area contributed by atoms with Gasteiger partial charge in [-0.1, -0.05) is 19.9 Å². The third-order valence-electron chi connectivity index (χ3n) is 3.09. The minimum Gasteiger partial charge on any atom is -0.491 e. The number of rotatable bonds is 4. The molecule has 1 aromatic rings. The van der Waals surface area contributed by atoms with Crippen LogP contribution in [0, 0.1) is 0 Å². The summed E-state index contributed by atoms with van der Waals surface area (Å²) in [6.45, 7) is 7.22. The van der Waals surface area contributed by atoms with Gasteiger partial charge < -0.3 is 15.4 Å². The summed E-state index contributed by atoms with van der Waals surface area (Å²) in [6.07, 6.45) is 1.00. The first kappa shape index (κ1) is 13.4. The maximum absolute atomic E-state index is 6.23. The lowest BCUT2D eigenvalue weighted by Gasteiger charge is -2.33. The molecule has 100 valence electrons. The molecule has 0 aliphatic carbocycles. The number of nitrogens with two attached hydrogens (primary N) is 1. The van der Waals surface area contributed by atoms with E-state index in [9.17, 15) is 0 Å². The zero-order valence-electron chi connectivity index (χ0n) is 11.2. The molecular weight excluding hydrogens is 244 g/mol. The van der Waals surface area contributed by atoms with E-state index in [1.165, 1.54) is 5.75 Å². The van der Waals surface area contributed by atoms with Gasteiger partial charge in [0.2, 0.25) is 0 Å². The second-order valence-corrected chi connectivity index (χ2v) is 6.21. The van der Waals surface area contributed by atoms with Crippen molar-refractivity contribution in [3.05, 3.63) is 18.2 Å². The van der Waals surface area contributed by atoms with Crippen molar-refractivity contribution in [2.24, 2.45) is 0 Å². The number of para-hydroxylation sites is 1. The molecule has 0 bridgehead atoms. The number of anilines is 2. The second-order valence-electron chi connectivity index (χ2n) is 4.66. The number of hydrogen-bond acceptors (Lipinski definition) is 4. The second kappa shape index (κ2) is 6.23. The first-order chi connectivity index (χ1) is 8.72. The van der Waals surface area contributed by atoms with Crippen molar-refractivity contribution in [1.29, 1.82) is 0 Å². The molecule has 1 aromatic carbocycles. The average Bonchev–Trinajstić information content (AvgIpc) is 2.37. The van der Waals surface area contributed by atoms with E-state index in [4.69, 9.17) is 10.5 Å². The standard InChI is InChI=1S/C14H22N2OS/c1-3-8-17-13-6-4-5-12(14(13)15)16-7-9-18-11(2)10-16/h4-6,11H,3,7-10,15H2,1-2H3. The largest absolute Gasteiger partial charge is 0.491 e. The lowest BCUT2D eigenvalue weighted by Crippen LogP contribution is -2.37. The normalized spacial score (nSPS) is 19.9. The van der Waals surface area contributed by atoms with Crippen LogP contribution in [-0.4, -0.2) is 30.7 Å². The van der Waals surface area contributed by atoms with Gasteiger partial charge in [0, 0.05) is 24.1 Å². The Bertz CT molecular complexity index is 397. The van der Waals surface area contributed by atoms with Crippen molar-refractivity contribution >= 4 is 23.1 Å². The van der Waals surface area contributed by atoms with Crippen molar-refractivity contribution in [3.8, 4) is 5.75 Å². The van der Waals surface area contributed by atoms with E-state index in [1.807, 2.05) is 23.9 Å². The van der Waals surface area contributed by atoms with Gasteiger partial charge >= 0.3 is 0 Å². The molecule has 18 heavy (non-hydrogen) atoms. The Morgan fingerprint density at radius 1 is 1.50 bits per heavy atom. The van der Waals surface area contributed by atoms with Crippen LogP contribution >= 0.6 is 11.8 Å². The van der Waals surface area contributed by atoms with Gasteiger partial charge in [0.15, 0.2) is 0 Å². The molecule has 1 atom stereocenters. The Balaban J connectivity index is 2.16. The quantitative estimate of drug-likeness (QED) is 0.850. The van der Waals surface area contributed by atoms with Crippen molar-refractivity contribution < 1.29 is 4.74 Å². The third kappa shape index (κ3) is 3.05. The molecule has 1 aliphatic rings. The molecule has 4 heteroatoms. The zero-order valence-corrected chi connectivity index (χ0v) is 12.0. The summed E-state index contributed by atoms with van der Waals surface area (Å²) in [6, 6.07) is 6.08. The summed E-state index contributed by atoms with van der Waals surface area (Å²) in [5.41, 5.74) is 8.13. The van der Waals surface area contributed by atoms with E-state index in [1.54, 1.807) is 0 Å². The molecule has 0 spiro atoms. The molecule has 1 heterocycles. The van der Waals surface area contributed by atoms with E-state index < -0.39 is 0 Å². The minimum absolute atomic E-state index is 0.665. The molecule has 0 radical (unpaired) electrons. The smallest absolute Gasteiger partial charge is 0.144 e. The summed E-state index contributed by atoms with van der Waals surface area (Å²) in [5, 5.41) is 0.665. The van der Waals surface area contributed by atoms with Crippen LogP contribution < -0.4 is 15.4 Å². The fraction of sp³-hybridized carbons (Fsp3) is 0.571. The van der Waals surface area contributed by atoms with E-state index >= 15 is 0 Å². The fourth-order valence-corrected chi connectivity index (χ4v) is 3.20. The topological polar surface area (TPSA) is 38.5 Å². The zero-order chi connectivity index (χ0) is 13.0. The number of nitrogens with zero attached hydrogens (tertiary/aromatic N) is 1. The molecule has 1 aliphatic heterocycles. The van der Waals surface area contributed by atoms with Gasteiger partial charge in [0.25, 0.3) is 0 Å². The van der Waals surface area contributed by atoms with Gasteiger partial charge in [-0.15, -0.1) is 0 Å². The number of benzene rings is 1. The summed E-state index contributed by atoms with van der Waals surface area (Å²) >= 11 is 2.03. The molecule has 2 rings (SSSR count). The van der Waals surface area contributed by atoms with E-state index in [0.717, 1.165) is 43.2 Å². The monoisotopic (exact) mass is 266 g/mol. The van der Waals surface area contributed by atoms with Crippen molar-refractivity contribution in [3.63, 3.8) is 0 Å². The number of thioether (sulfide) groups is 1. The SMILES string of the molecule is CCCOc1cccc(N2CCSC(C)C2)c1N. The van der Waals surface area contributed by atoms with Gasteiger partial charge in [-0.3, -0.25) is 0 Å². The van der Waals surface area contributed by atoms with Gasteiger partial charge in [0.05, 0.1) is 18.0 Å². The summed E-state index contributed by atoms with van der Waals surface area (Å²) in [5.74, 6) is 1.99. The van der Waals surface area contributed by atoms with Crippen molar-refractivity contribution in [1.82, 2.24) is 0 Å². The Labute approximate surface area is 114 Å². The highest BCUT2D eigenvalue weighted by molar-refractivity contribution is 8.00. The van der Waals surface area contributed by atoms with Crippen LogP contribution in [0.5, 0.6) is 5.75 Å². The molecule has 0 aromatic heterocycles. The molecule has 3 nitrogen and oxygen atoms in total. The third-order valence-corrected chi connectivity index (χ3v) is 4.22. The number of ether oxygens (including phenoxy) is 1. The predicted octanol–water partition coefficient (Wildman–Crippen LogP) is 3.00. The van der Waals surface area contributed by atoms with Crippen LogP contribution in [0.25, 0.3) is 0 Å². The molecule has 1 saturated heterocycles. The first-order valence-corrected chi connectivity index (χ1v) is 7.65. The van der Waals surface area contributed by atoms with E-state index in [2.05, 4.69) is 24.8 Å². The van der Waals surface area contributed by atoms with Crippen LogP contribution in [0.4, 0.5) is 11.4 Å². The first-order valence-electron chi connectivity index (χ1n) is 6.60. The molecule has 0 amide bonds. The maximum atomic E-state index is 6.23. The van der Waals surface area contributed by atoms with Gasteiger partial charge in [0.1, 0.15) is 5.75 Å². The molecule has 1 fully saturated rings.